The van der Waals surface area contributed by atoms with Gasteiger partial charge in [-0.1, -0.05) is 0 Å². The topological polar surface area (TPSA) is 56.5 Å². The van der Waals surface area contributed by atoms with E-state index in [0.29, 0.717) is 17.3 Å². The lowest BCUT2D eigenvalue weighted by Crippen LogP contribution is -1.94. The number of pyridine rings is 1. The van der Waals surface area contributed by atoms with Gasteiger partial charge in [0.2, 0.25) is 5.88 Å². The van der Waals surface area contributed by atoms with Gasteiger partial charge >= 0.3 is 0 Å². The third-order valence-corrected chi connectivity index (χ3v) is 3.30. The summed E-state index contributed by atoms with van der Waals surface area (Å²) >= 11 is 1.45. The van der Waals surface area contributed by atoms with E-state index in [2.05, 4.69) is 9.97 Å². The normalized spacial score (nSPS) is 10.7. The van der Waals surface area contributed by atoms with Gasteiger partial charge in [-0.2, -0.15) is 4.98 Å². The number of hydrogen-bond acceptors (Lipinski definition) is 5. The molecule has 0 saturated heterocycles. The molecule has 90 valence electrons. The average Bonchev–Trinajstić information content (AvgIpc) is 2.92. The van der Waals surface area contributed by atoms with Crippen LogP contribution in [0.15, 0.2) is 29.9 Å². The van der Waals surface area contributed by atoms with E-state index in [-0.39, 0.29) is 0 Å². The molecule has 0 aliphatic heterocycles. The Labute approximate surface area is 107 Å². The van der Waals surface area contributed by atoms with Crippen LogP contribution in [0.1, 0.15) is 16.2 Å². The highest BCUT2D eigenvalue weighted by molar-refractivity contribution is 7.15. The molecule has 0 N–H and O–H groups in total. The van der Waals surface area contributed by atoms with Crippen LogP contribution in [-0.4, -0.2) is 20.7 Å². The fraction of sp³-hybridized carbons (Fsp3) is 0.0833. The highest BCUT2D eigenvalue weighted by Crippen LogP contribution is 2.27. The number of carbonyl (C=O) groups is 1. The van der Waals surface area contributed by atoms with Crippen LogP contribution in [0, 0.1) is 6.92 Å². The molecule has 0 unspecified atom stereocenters. The van der Waals surface area contributed by atoms with Crippen molar-refractivity contribution in [3.05, 3.63) is 41.3 Å². The second-order valence-electron chi connectivity index (χ2n) is 3.66. The van der Waals surface area contributed by atoms with E-state index < -0.39 is 0 Å². The highest BCUT2D eigenvalue weighted by atomic mass is 32.1. The lowest BCUT2D eigenvalue weighted by molar-refractivity contribution is 0.111. The molecule has 3 rings (SSSR count). The van der Waals surface area contributed by atoms with E-state index in [9.17, 15) is 4.79 Å². The molecule has 0 fully saturated rings. The molecule has 0 aliphatic carbocycles. The molecule has 0 atom stereocenters. The summed E-state index contributed by atoms with van der Waals surface area (Å²) in [4.78, 5) is 20.3. The first-order valence-corrected chi connectivity index (χ1v) is 6.18. The van der Waals surface area contributed by atoms with E-state index in [0.717, 1.165) is 16.9 Å². The van der Waals surface area contributed by atoms with Crippen molar-refractivity contribution in [2.24, 2.45) is 0 Å². The van der Waals surface area contributed by atoms with Crippen LogP contribution in [-0.2, 0) is 0 Å². The Hall–Kier alpha value is -2.21. The van der Waals surface area contributed by atoms with Crippen molar-refractivity contribution in [1.82, 2.24) is 14.4 Å². The molecule has 6 heteroatoms. The summed E-state index contributed by atoms with van der Waals surface area (Å²) in [5, 5.41) is 1.87. The number of hydrogen-bond donors (Lipinski definition) is 0. The Balaban J connectivity index is 2.07. The number of thiazole rings is 1. The van der Waals surface area contributed by atoms with Gasteiger partial charge in [0.1, 0.15) is 0 Å². The third-order valence-electron chi connectivity index (χ3n) is 2.54. The number of carbonyl (C=O) groups excluding carboxylic acids is 1. The fourth-order valence-electron chi connectivity index (χ4n) is 1.65. The molecule has 3 heterocycles. The van der Waals surface area contributed by atoms with Crippen LogP contribution in [0.2, 0.25) is 0 Å². The zero-order chi connectivity index (χ0) is 12.5. The van der Waals surface area contributed by atoms with Crippen LogP contribution in [0.5, 0.6) is 11.6 Å². The number of imidazole rings is 1. The zero-order valence-electron chi connectivity index (χ0n) is 9.53. The van der Waals surface area contributed by atoms with Gasteiger partial charge in [0, 0.05) is 17.8 Å². The minimum absolute atomic E-state index is 0.313. The fourth-order valence-corrected chi connectivity index (χ4v) is 2.36. The maximum Gasteiger partial charge on any atom is 0.250 e. The molecule has 0 saturated carbocycles. The highest BCUT2D eigenvalue weighted by Gasteiger charge is 2.15. The SMILES string of the molecule is Cc1ncccc1Oc1nc2sccn2c1C=O. The molecule has 3 aromatic heterocycles. The number of aryl methyl sites for hydroxylation is 1. The van der Waals surface area contributed by atoms with Crippen molar-refractivity contribution >= 4 is 22.6 Å². The van der Waals surface area contributed by atoms with Crippen LogP contribution >= 0.6 is 11.3 Å². The molecule has 18 heavy (non-hydrogen) atoms. The monoisotopic (exact) mass is 259 g/mol. The summed E-state index contributed by atoms with van der Waals surface area (Å²) in [6, 6.07) is 3.58. The zero-order valence-corrected chi connectivity index (χ0v) is 10.3. The van der Waals surface area contributed by atoms with Gasteiger partial charge in [0.05, 0.1) is 5.69 Å². The molecule has 3 aromatic rings. The first kappa shape index (κ1) is 10.9. The van der Waals surface area contributed by atoms with Crippen molar-refractivity contribution in [2.75, 3.05) is 0 Å². The second-order valence-corrected chi connectivity index (χ2v) is 4.54. The summed E-state index contributed by atoms with van der Waals surface area (Å²) in [6.07, 6.45) is 4.22. The number of rotatable bonds is 3. The van der Waals surface area contributed by atoms with Crippen LogP contribution in [0.4, 0.5) is 0 Å². The van der Waals surface area contributed by atoms with Crippen molar-refractivity contribution in [3.63, 3.8) is 0 Å². The molecule has 0 aromatic carbocycles. The van der Waals surface area contributed by atoms with E-state index in [1.807, 2.05) is 12.3 Å². The van der Waals surface area contributed by atoms with Gasteiger partial charge in [0.25, 0.3) is 0 Å². The third kappa shape index (κ3) is 1.67. The Kier molecular flexibility index (Phi) is 2.56. The summed E-state index contributed by atoms with van der Waals surface area (Å²) in [7, 11) is 0. The minimum atomic E-state index is 0.313. The average molecular weight is 259 g/mol. The number of aromatic nitrogens is 3. The van der Waals surface area contributed by atoms with E-state index in [1.165, 1.54) is 11.3 Å². The Bertz CT molecular complexity index is 717. The number of nitrogens with zero attached hydrogens (tertiary/aromatic N) is 3. The quantitative estimate of drug-likeness (QED) is 0.678. The van der Waals surface area contributed by atoms with Gasteiger partial charge in [-0.15, -0.1) is 11.3 Å². The number of fused-ring (bicyclic) bond motifs is 1. The first-order chi connectivity index (χ1) is 8.79. The second kappa shape index (κ2) is 4.23. The van der Waals surface area contributed by atoms with Crippen LogP contribution in [0.3, 0.4) is 0 Å². The Morgan fingerprint density at radius 2 is 2.39 bits per heavy atom. The molecular formula is C12H9N3O2S. The lowest BCUT2D eigenvalue weighted by Gasteiger charge is -2.04. The first-order valence-electron chi connectivity index (χ1n) is 5.30. The molecule has 0 aliphatic rings. The molecule has 0 bridgehead atoms. The van der Waals surface area contributed by atoms with Crippen LogP contribution < -0.4 is 4.74 Å². The van der Waals surface area contributed by atoms with Gasteiger partial charge in [-0.05, 0) is 19.1 Å². The largest absolute Gasteiger partial charge is 0.435 e. The Morgan fingerprint density at radius 1 is 1.50 bits per heavy atom. The number of ether oxygens (including phenoxy) is 1. The minimum Gasteiger partial charge on any atom is -0.435 e. The van der Waals surface area contributed by atoms with Gasteiger partial charge in [-0.25, -0.2) is 0 Å². The standard InChI is InChI=1S/C12H9N3O2S/c1-8-10(3-2-4-13-8)17-11-9(7-16)15-5-6-18-12(15)14-11/h2-7H,1H3. The van der Waals surface area contributed by atoms with Gasteiger partial charge in [-0.3, -0.25) is 14.2 Å². The van der Waals surface area contributed by atoms with Crippen molar-refractivity contribution in [1.29, 1.82) is 0 Å². The van der Waals surface area contributed by atoms with Crippen molar-refractivity contribution < 1.29 is 9.53 Å². The summed E-state index contributed by atoms with van der Waals surface area (Å²) in [5.41, 5.74) is 1.17. The summed E-state index contributed by atoms with van der Waals surface area (Å²) < 4.78 is 7.36. The maximum absolute atomic E-state index is 11.1. The lowest BCUT2D eigenvalue weighted by atomic mass is 10.3. The molecule has 0 amide bonds. The van der Waals surface area contributed by atoms with Crippen molar-refractivity contribution in [3.8, 4) is 11.6 Å². The molecule has 0 spiro atoms. The van der Waals surface area contributed by atoms with Crippen LogP contribution in [0.25, 0.3) is 4.96 Å². The summed E-state index contributed by atoms with van der Waals surface area (Å²) in [6.45, 7) is 1.84. The van der Waals surface area contributed by atoms with E-state index >= 15 is 0 Å². The number of aldehydes is 1. The molecule has 5 nitrogen and oxygen atoms in total. The summed E-state index contributed by atoms with van der Waals surface area (Å²) in [5.74, 6) is 0.916. The van der Waals surface area contributed by atoms with Gasteiger partial charge < -0.3 is 4.74 Å². The predicted octanol–water partition coefficient (Wildman–Crippen LogP) is 2.70. The smallest absolute Gasteiger partial charge is 0.250 e. The predicted molar refractivity (Wildman–Crippen MR) is 67.5 cm³/mol. The van der Waals surface area contributed by atoms with Gasteiger partial charge in [0.15, 0.2) is 22.7 Å². The van der Waals surface area contributed by atoms with Crippen molar-refractivity contribution in [2.45, 2.75) is 6.92 Å². The molecular weight excluding hydrogens is 250 g/mol. The molecule has 0 radical (unpaired) electrons. The van der Waals surface area contributed by atoms with E-state index in [1.54, 1.807) is 28.9 Å². The maximum atomic E-state index is 11.1. The Morgan fingerprint density at radius 3 is 3.17 bits per heavy atom. The van der Waals surface area contributed by atoms with E-state index in [4.69, 9.17) is 4.74 Å².